The molecule has 4 nitrogen and oxygen atoms in total. The molecular formula is C23H20FNO3S. The second-order valence-electron chi connectivity index (χ2n) is 7.68. The summed E-state index contributed by atoms with van der Waals surface area (Å²) in [6, 6.07) is 18.6. The number of benzene rings is 3. The maximum absolute atomic E-state index is 14.0. The van der Waals surface area contributed by atoms with Crippen LogP contribution in [0.25, 0.3) is 0 Å². The van der Waals surface area contributed by atoms with E-state index in [4.69, 9.17) is 4.74 Å². The molecular weight excluding hydrogens is 389 g/mol. The highest BCUT2D eigenvalue weighted by molar-refractivity contribution is 7.89. The highest BCUT2D eigenvalue weighted by Gasteiger charge is 2.46. The predicted molar refractivity (Wildman–Crippen MR) is 108 cm³/mol. The van der Waals surface area contributed by atoms with E-state index in [9.17, 15) is 12.8 Å². The van der Waals surface area contributed by atoms with Crippen molar-refractivity contribution in [1.82, 2.24) is 4.72 Å². The van der Waals surface area contributed by atoms with Gasteiger partial charge in [0.1, 0.15) is 11.6 Å². The summed E-state index contributed by atoms with van der Waals surface area (Å²) in [5.41, 5.74) is 3.70. The van der Waals surface area contributed by atoms with Crippen molar-refractivity contribution in [2.45, 2.75) is 23.8 Å². The maximum atomic E-state index is 14.0. The molecule has 0 fully saturated rings. The molecule has 2 aliphatic rings. The van der Waals surface area contributed by atoms with Crippen LogP contribution in [0.2, 0.25) is 0 Å². The number of halogens is 1. The number of nitrogens with one attached hydrogen (secondary N) is 1. The summed E-state index contributed by atoms with van der Waals surface area (Å²) in [6.07, 6.45) is 0. The third-order valence-electron chi connectivity index (χ3n) is 5.87. The quantitative estimate of drug-likeness (QED) is 0.701. The maximum Gasteiger partial charge on any atom is 0.241 e. The molecule has 5 rings (SSSR count). The zero-order valence-electron chi connectivity index (χ0n) is 15.8. The minimum Gasteiger partial charge on any atom is -0.493 e. The summed E-state index contributed by atoms with van der Waals surface area (Å²) < 4.78 is 48.9. The Hall–Kier alpha value is -2.70. The third-order valence-corrected chi connectivity index (χ3v) is 7.33. The number of hydrogen-bond donors (Lipinski definition) is 1. The lowest BCUT2D eigenvalue weighted by atomic mass is 9.83. The lowest BCUT2D eigenvalue weighted by molar-refractivity contribution is 0.190. The van der Waals surface area contributed by atoms with E-state index in [-0.39, 0.29) is 22.5 Å². The fourth-order valence-corrected chi connectivity index (χ4v) is 5.77. The first-order valence-corrected chi connectivity index (χ1v) is 11.0. The molecule has 29 heavy (non-hydrogen) atoms. The van der Waals surface area contributed by atoms with Gasteiger partial charge in [0, 0.05) is 17.4 Å². The summed E-state index contributed by atoms with van der Waals surface area (Å²) in [7, 11) is -3.72. The highest BCUT2D eigenvalue weighted by atomic mass is 32.2. The first-order valence-electron chi connectivity index (χ1n) is 9.54. The fourth-order valence-electron chi connectivity index (χ4n) is 4.50. The van der Waals surface area contributed by atoms with E-state index >= 15 is 0 Å². The van der Waals surface area contributed by atoms with Crippen LogP contribution in [0.1, 0.15) is 34.2 Å². The van der Waals surface area contributed by atoms with Crippen LogP contribution >= 0.6 is 0 Å². The van der Waals surface area contributed by atoms with Gasteiger partial charge in [-0.05, 0) is 48.4 Å². The summed E-state index contributed by atoms with van der Waals surface area (Å²) in [5, 5.41) is 0. The Bertz CT molecular complexity index is 1190. The largest absolute Gasteiger partial charge is 0.493 e. The highest BCUT2D eigenvalue weighted by Crippen LogP contribution is 2.53. The third kappa shape index (κ3) is 3.03. The minimum atomic E-state index is -3.72. The van der Waals surface area contributed by atoms with Crippen molar-refractivity contribution in [2.24, 2.45) is 5.92 Å². The summed E-state index contributed by atoms with van der Waals surface area (Å²) in [6.45, 7) is 2.27. The first kappa shape index (κ1) is 18.3. The molecule has 0 radical (unpaired) electrons. The lowest BCUT2D eigenvalue weighted by Gasteiger charge is -2.32. The van der Waals surface area contributed by atoms with E-state index in [1.165, 1.54) is 12.1 Å². The number of aryl methyl sites for hydroxylation is 1. The van der Waals surface area contributed by atoms with E-state index in [0.29, 0.717) is 12.4 Å². The monoisotopic (exact) mass is 409 g/mol. The fraction of sp³-hybridized carbons (Fsp3) is 0.217. The van der Waals surface area contributed by atoms with E-state index in [1.807, 2.05) is 31.2 Å². The van der Waals surface area contributed by atoms with Crippen LogP contribution in [0.15, 0.2) is 71.6 Å². The lowest BCUT2D eigenvalue weighted by Crippen LogP contribution is -2.36. The van der Waals surface area contributed by atoms with Crippen molar-refractivity contribution < 1.29 is 17.5 Å². The van der Waals surface area contributed by atoms with Crippen molar-refractivity contribution in [3.8, 4) is 5.75 Å². The van der Waals surface area contributed by atoms with Gasteiger partial charge in [0.25, 0.3) is 0 Å². The van der Waals surface area contributed by atoms with Gasteiger partial charge in [0.2, 0.25) is 10.0 Å². The molecule has 1 aliphatic heterocycles. The number of hydrogen-bond acceptors (Lipinski definition) is 3. The van der Waals surface area contributed by atoms with Crippen molar-refractivity contribution in [3.05, 3.63) is 94.8 Å². The zero-order chi connectivity index (χ0) is 20.2. The molecule has 148 valence electrons. The summed E-state index contributed by atoms with van der Waals surface area (Å²) in [4.78, 5) is 0.229. The molecule has 3 aromatic carbocycles. The SMILES string of the molecule is Cc1ccc(S(=O)(=O)N[C@@H]2c3ccccc3[C@H]3c4cc(F)ccc4OC[C@H]32)cc1. The Morgan fingerprint density at radius 3 is 2.45 bits per heavy atom. The number of sulfonamides is 1. The van der Waals surface area contributed by atoms with Crippen LogP contribution in [0.4, 0.5) is 4.39 Å². The molecule has 0 aromatic heterocycles. The Kier molecular flexibility index (Phi) is 4.22. The van der Waals surface area contributed by atoms with Gasteiger partial charge in [-0.25, -0.2) is 17.5 Å². The van der Waals surface area contributed by atoms with Crippen molar-refractivity contribution in [2.75, 3.05) is 6.61 Å². The Labute approximate surface area is 169 Å². The van der Waals surface area contributed by atoms with E-state index in [1.54, 1.807) is 30.3 Å². The molecule has 3 aromatic rings. The van der Waals surface area contributed by atoms with Crippen LogP contribution < -0.4 is 9.46 Å². The molecule has 0 spiro atoms. The van der Waals surface area contributed by atoms with Crippen molar-refractivity contribution in [3.63, 3.8) is 0 Å². The topological polar surface area (TPSA) is 55.4 Å². The Balaban J connectivity index is 1.58. The number of rotatable bonds is 3. The predicted octanol–water partition coefficient (Wildman–Crippen LogP) is 4.31. The molecule has 1 aliphatic carbocycles. The van der Waals surface area contributed by atoms with Crippen molar-refractivity contribution >= 4 is 10.0 Å². The molecule has 0 unspecified atom stereocenters. The van der Waals surface area contributed by atoms with Gasteiger partial charge in [-0.2, -0.15) is 0 Å². The molecule has 0 amide bonds. The second-order valence-corrected chi connectivity index (χ2v) is 9.39. The standard InChI is InChI=1S/C23H20FNO3S/c1-14-6-9-16(10-7-14)29(26,27)25-23-18-5-3-2-4-17(18)22-19-12-15(24)8-11-21(19)28-13-20(22)23/h2-12,20,22-23,25H,13H2,1H3/t20-,22+,23-/m1/s1. The normalized spacial score (nSPS) is 22.3. The first-order chi connectivity index (χ1) is 13.9. The van der Waals surface area contributed by atoms with Crippen LogP contribution in [-0.4, -0.2) is 15.0 Å². The number of ether oxygens (including phenoxy) is 1. The van der Waals surface area contributed by atoms with Gasteiger partial charge in [-0.3, -0.25) is 0 Å². The molecule has 0 saturated carbocycles. The van der Waals surface area contributed by atoms with Gasteiger partial charge in [0.05, 0.1) is 17.5 Å². The van der Waals surface area contributed by atoms with Gasteiger partial charge < -0.3 is 4.74 Å². The molecule has 0 bridgehead atoms. The van der Waals surface area contributed by atoms with Crippen LogP contribution in [0.3, 0.4) is 0 Å². The molecule has 6 heteroatoms. The molecule has 1 heterocycles. The van der Waals surface area contributed by atoms with Crippen molar-refractivity contribution in [1.29, 1.82) is 0 Å². The van der Waals surface area contributed by atoms with Gasteiger partial charge in [0.15, 0.2) is 0 Å². The minimum absolute atomic E-state index is 0.114. The van der Waals surface area contributed by atoms with Crippen LogP contribution in [0, 0.1) is 18.7 Å². The zero-order valence-corrected chi connectivity index (χ0v) is 16.6. The summed E-state index contributed by atoms with van der Waals surface area (Å²) >= 11 is 0. The second kappa shape index (κ2) is 6.68. The average molecular weight is 409 g/mol. The van der Waals surface area contributed by atoms with Gasteiger partial charge in [-0.1, -0.05) is 42.0 Å². The number of fused-ring (bicyclic) bond motifs is 5. The Morgan fingerprint density at radius 1 is 0.966 bits per heavy atom. The molecule has 3 atom stereocenters. The average Bonchev–Trinajstić information content (AvgIpc) is 3.02. The smallest absolute Gasteiger partial charge is 0.241 e. The summed E-state index contributed by atoms with van der Waals surface area (Å²) in [5.74, 6) is 0.0666. The van der Waals surface area contributed by atoms with Gasteiger partial charge >= 0.3 is 0 Å². The van der Waals surface area contributed by atoms with Crippen LogP contribution in [0.5, 0.6) is 5.75 Å². The van der Waals surface area contributed by atoms with Crippen LogP contribution in [-0.2, 0) is 10.0 Å². The molecule has 0 saturated heterocycles. The van der Waals surface area contributed by atoms with Gasteiger partial charge in [-0.15, -0.1) is 0 Å². The van der Waals surface area contributed by atoms with E-state index < -0.39 is 16.1 Å². The van der Waals surface area contributed by atoms with E-state index in [2.05, 4.69) is 4.72 Å². The molecule has 1 N–H and O–H groups in total. The van der Waals surface area contributed by atoms with E-state index in [0.717, 1.165) is 22.3 Å². The Morgan fingerprint density at radius 2 is 1.69 bits per heavy atom.